The van der Waals surface area contributed by atoms with E-state index in [4.69, 9.17) is 19.5 Å². The fraction of sp³-hybridized carbons (Fsp3) is 0.450. The molecule has 8 nitrogen and oxygen atoms in total. The van der Waals surface area contributed by atoms with Crippen LogP contribution in [0.5, 0.6) is 0 Å². The number of esters is 1. The maximum absolute atomic E-state index is 12.8. The van der Waals surface area contributed by atoms with Crippen molar-refractivity contribution in [1.29, 1.82) is 5.26 Å². The maximum atomic E-state index is 12.8. The summed E-state index contributed by atoms with van der Waals surface area (Å²) in [7, 11) is 3.07. The van der Waals surface area contributed by atoms with Crippen LogP contribution in [0.1, 0.15) is 31.0 Å². The fourth-order valence-electron chi connectivity index (χ4n) is 3.16. The Hall–Kier alpha value is -2.89. The van der Waals surface area contributed by atoms with Gasteiger partial charge in [0.1, 0.15) is 6.61 Å². The van der Waals surface area contributed by atoms with E-state index in [1.165, 1.54) is 12.0 Å². The van der Waals surface area contributed by atoms with Gasteiger partial charge in [0.15, 0.2) is 0 Å². The van der Waals surface area contributed by atoms with E-state index in [9.17, 15) is 9.59 Å². The van der Waals surface area contributed by atoms with Crippen molar-refractivity contribution >= 4 is 12.0 Å². The van der Waals surface area contributed by atoms with E-state index < -0.39 is 12.0 Å². The third kappa shape index (κ3) is 4.68. The summed E-state index contributed by atoms with van der Waals surface area (Å²) in [6.45, 7) is 4.25. The summed E-state index contributed by atoms with van der Waals surface area (Å²) < 4.78 is 15.4. The highest BCUT2D eigenvalue weighted by atomic mass is 16.6. The number of nitrogens with zero attached hydrogens (tertiary/aromatic N) is 2. The first-order valence-electron chi connectivity index (χ1n) is 8.90. The highest BCUT2D eigenvalue weighted by Gasteiger charge is 2.38. The molecule has 0 aliphatic carbocycles. The standard InChI is InChI=1S/C20H25N3O5/c1-13(12-27-4)23-14(2)17(19(24)28-10-9-26-3)18(22-20(23)25)16-7-5-15(11-21)6-8-16/h5-8,13,18H,9-10,12H2,1-4H3,(H,22,25). The second-order valence-corrected chi connectivity index (χ2v) is 6.42. The highest BCUT2D eigenvalue weighted by molar-refractivity contribution is 5.95. The average molecular weight is 387 g/mol. The minimum absolute atomic E-state index is 0.105. The van der Waals surface area contributed by atoms with Crippen molar-refractivity contribution in [3.05, 3.63) is 46.7 Å². The molecule has 0 spiro atoms. The second kappa shape index (κ2) is 9.88. The Labute approximate surface area is 164 Å². The number of hydrogen-bond donors (Lipinski definition) is 1. The van der Waals surface area contributed by atoms with Crippen molar-refractivity contribution in [2.45, 2.75) is 25.9 Å². The van der Waals surface area contributed by atoms with Crippen molar-refractivity contribution in [2.24, 2.45) is 0 Å². The fourth-order valence-corrected chi connectivity index (χ4v) is 3.16. The molecule has 1 N–H and O–H groups in total. The van der Waals surface area contributed by atoms with Gasteiger partial charge in [-0.15, -0.1) is 0 Å². The number of rotatable bonds is 8. The number of hydrogen-bond acceptors (Lipinski definition) is 6. The SMILES string of the molecule is COCCOC(=O)C1=C(C)N(C(C)COC)C(=O)NC1c1ccc(C#N)cc1. The van der Waals surface area contributed by atoms with Gasteiger partial charge in [-0.25, -0.2) is 9.59 Å². The van der Waals surface area contributed by atoms with Crippen molar-refractivity contribution in [1.82, 2.24) is 10.2 Å². The predicted molar refractivity (Wildman–Crippen MR) is 101 cm³/mol. The Morgan fingerprint density at radius 3 is 2.50 bits per heavy atom. The number of benzene rings is 1. The van der Waals surface area contributed by atoms with Gasteiger partial charge in [-0.05, 0) is 31.5 Å². The number of nitriles is 1. The van der Waals surface area contributed by atoms with Gasteiger partial charge in [0.05, 0.1) is 42.5 Å². The van der Waals surface area contributed by atoms with Crippen LogP contribution in [0.15, 0.2) is 35.5 Å². The van der Waals surface area contributed by atoms with Crippen LogP contribution >= 0.6 is 0 Å². The molecule has 1 heterocycles. The Kier molecular flexibility index (Phi) is 7.55. The van der Waals surface area contributed by atoms with Gasteiger partial charge in [-0.3, -0.25) is 4.90 Å². The lowest BCUT2D eigenvalue weighted by Crippen LogP contribution is -2.52. The first-order chi connectivity index (χ1) is 13.4. The number of ether oxygens (including phenoxy) is 3. The summed E-state index contributed by atoms with van der Waals surface area (Å²) in [5, 5.41) is 11.9. The van der Waals surface area contributed by atoms with Gasteiger partial charge in [-0.2, -0.15) is 5.26 Å². The van der Waals surface area contributed by atoms with Gasteiger partial charge < -0.3 is 19.5 Å². The van der Waals surface area contributed by atoms with E-state index in [2.05, 4.69) is 11.4 Å². The summed E-state index contributed by atoms with van der Waals surface area (Å²) in [5.41, 5.74) is 2.02. The molecule has 1 aromatic carbocycles. The minimum atomic E-state index is -0.679. The zero-order chi connectivity index (χ0) is 20.7. The molecule has 1 aromatic rings. The number of amides is 2. The molecule has 2 atom stereocenters. The zero-order valence-corrected chi connectivity index (χ0v) is 16.5. The monoisotopic (exact) mass is 387 g/mol. The van der Waals surface area contributed by atoms with Crippen molar-refractivity contribution < 1.29 is 23.8 Å². The summed E-state index contributed by atoms with van der Waals surface area (Å²) in [4.78, 5) is 27.1. The van der Waals surface area contributed by atoms with Gasteiger partial charge in [0.2, 0.25) is 0 Å². The van der Waals surface area contributed by atoms with E-state index in [1.54, 1.807) is 38.3 Å². The smallest absolute Gasteiger partial charge is 0.338 e. The molecule has 0 fully saturated rings. The van der Waals surface area contributed by atoms with E-state index >= 15 is 0 Å². The van der Waals surface area contributed by atoms with Crippen LogP contribution < -0.4 is 5.32 Å². The van der Waals surface area contributed by atoms with E-state index in [1.807, 2.05) is 6.92 Å². The summed E-state index contributed by atoms with van der Waals surface area (Å²) in [6, 6.07) is 7.49. The number of carbonyl (C=O) groups is 2. The molecule has 0 saturated carbocycles. The molecule has 150 valence electrons. The van der Waals surface area contributed by atoms with Crippen molar-refractivity contribution in [3.63, 3.8) is 0 Å². The van der Waals surface area contributed by atoms with Crippen LogP contribution in [0.4, 0.5) is 4.79 Å². The number of nitrogens with one attached hydrogen (secondary N) is 1. The van der Waals surface area contributed by atoms with Crippen LogP contribution in [-0.2, 0) is 19.0 Å². The minimum Gasteiger partial charge on any atom is -0.460 e. The molecule has 28 heavy (non-hydrogen) atoms. The van der Waals surface area contributed by atoms with Crippen LogP contribution in [0.2, 0.25) is 0 Å². The molecular weight excluding hydrogens is 362 g/mol. The Morgan fingerprint density at radius 1 is 1.25 bits per heavy atom. The number of methoxy groups -OCH3 is 2. The molecule has 2 amide bonds. The molecule has 8 heteroatoms. The quantitative estimate of drug-likeness (QED) is 0.542. The van der Waals surface area contributed by atoms with Crippen molar-refractivity contribution in [3.8, 4) is 6.07 Å². The average Bonchev–Trinajstić information content (AvgIpc) is 2.68. The van der Waals surface area contributed by atoms with Gasteiger partial charge in [0, 0.05) is 19.9 Å². The van der Waals surface area contributed by atoms with Gasteiger partial charge >= 0.3 is 12.0 Å². The lowest BCUT2D eigenvalue weighted by molar-refractivity contribution is -0.141. The zero-order valence-electron chi connectivity index (χ0n) is 16.5. The summed E-state index contributed by atoms with van der Waals surface area (Å²) in [5.74, 6) is -0.529. The molecule has 2 rings (SSSR count). The van der Waals surface area contributed by atoms with Gasteiger partial charge in [-0.1, -0.05) is 12.1 Å². The molecule has 1 aliphatic heterocycles. The maximum Gasteiger partial charge on any atom is 0.338 e. The largest absolute Gasteiger partial charge is 0.460 e. The molecule has 2 unspecified atom stereocenters. The highest BCUT2D eigenvalue weighted by Crippen LogP contribution is 2.32. The first kappa shape index (κ1) is 21.4. The topological polar surface area (TPSA) is 101 Å². The summed E-state index contributed by atoms with van der Waals surface area (Å²) >= 11 is 0. The van der Waals surface area contributed by atoms with E-state index in [0.717, 1.165) is 0 Å². The lowest BCUT2D eigenvalue weighted by atomic mass is 9.94. The molecular formula is C20H25N3O5. The Balaban J connectivity index is 2.45. The van der Waals surface area contributed by atoms with E-state index in [0.29, 0.717) is 29.0 Å². The number of allylic oxidation sites excluding steroid dienone is 1. The third-order valence-corrected chi connectivity index (χ3v) is 4.49. The number of carbonyl (C=O) groups excluding carboxylic acids is 2. The predicted octanol–water partition coefficient (Wildman–Crippen LogP) is 2.12. The van der Waals surface area contributed by atoms with Crippen molar-refractivity contribution in [2.75, 3.05) is 34.0 Å². The number of urea groups is 1. The molecule has 0 saturated heterocycles. The molecule has 0 bridgehead atoms. The normalized spacial score (nSPS) is 17.8. The van der Waals surface area contributed by atoms with Crippen LogP contribution in [0.25, 0.3) is 0 Å². The molecule has 0 aromatic heterocycles. The van der Waals surface area contributed by atoms with Gasteiger partial charge in [0.25, 0.3) is 0 Å². The van der Waals surface area contributed by atoms with Crippen LogP contribution in [0.3, 0.4) is 0 Å². The Morgan fingerprint density at radius 2 is 1.93 bits per heavy atom. The Bertz CT molecular complexity index is 782. The second-order valence-electron chi connectivity index (χ2n) is 6.42. The lowest BCUT2D eigenvalue weighted by Gasteiger charge is -2.38. The van der Waals surface area contributed by atoms with E-state index in [-0.39, 0.29) is 25.3 Å². The molecule has 1 aliphatic rings. The van der Waals surface area contributed by atoms with Crippen LogP contribution in [-0.4, -0.2) is 57.0 Å². The molecule has 0 radical (unpaired) electrons. The van der Waals surface area contributed by atoms with Crippen LogP contribution in [0, 0.1) is 11.3 Å². The summed E-state index contributed by atoms with van der Waals surface area (Å²) in [6.07, 6.45) is 0. The first-order valence-corrected chi connectivity index (χ1v) is 8.90. The third-order valence-electron chi connectivity index (χ3n) is 4.49.